The zero-order chi connectivity index (χ0) is 12.7. The second kappa shape index (κ2) is 4.86. The number of aliphatic imine (C=N–C) groups is 1. The van der Waals surface area contributed by atoms with Gasteiger partial charge in [0.25, 0.3) is 0 Å². The molecule has 1 N–H and O–H groups in total. The molecular weight excluding hydrogens is 252 g/mol. The molecule has 0 aromatic heterocycles. The second-order valence-electron chi connectivity index (χ2n) is 6.09. The van der Waals surface area contributed by atoms with Crippen molar-refractivity contribution in [2.45, 2.75) is 37.0 Å². The summed E-state index contributed by atoms with van der Waals surface area (Å²) in [6.45, 7) is 0.928. The standard InChI is InChI=1S/C16H20N2S/c1-2-4-12(5-3-1)15-10-17-16(19-15)18-14-9-11-6-7-13(14)8-11/h1-5,11,13-15H,6-10H2,(H,17,18). The minimum atomic E-state index is 0.516. The van der Waals surface area contributed by atoms with Gasteiger partial charge in [0, 0.05) is 6.04 Å². The third-order valence-electron chi connectivity index (χ3n) is 4.87. The van der Waals surface area contributed by atoms with Crippen molar-refractivity contribution in [3.05, 3.63) is 35.9 Å². The summed E-state index contributed by atoms with van der Waals surface area (Å²) in [5.41, 5.74) is 1.40. The first-order valence-corrected chi connectivity index (χ1v) is 8.29. The number of hydrogen-bond donors (Lipinski definition) is 1. The molecule has 2 fully saturated rings. The maximum atomic E-state index is 4.71. The van der Waals surface area contributed by atoms with Gasteiger partial charge in [-0.05, 0) is 36.7 Å². The topological polar surface area (TPSA) is 24.4 Å². The number of benzene rings is 1. The molecule has 4 rings (SSSR count). The van der Waals surface area contributed by atoms with Gasteiger partial charge in [-0.1, -0.05) is 48.5 Å². The van der Waals surface area contributed by atoms with Crippen LogP contribution in [-0.2, 0) is 0 Å². The largest absolute Gasteiger partial charge is 0.362 e. The lowest BCUT2D eigenvalue weighted by Gasteiger charge is -2.23. The Morgan fingerprint density at radius 2 is 2.00 bits per heavy atom. The van der Waals surface area contributed by atoms with Gasteiger partial charge in [0.15, 0.2) is 5.17 Å². The van der Waals surface area contributed by atoms with Crippen LogP contribution in [0.15, 0.2) is 35.3 Å². The number of amidine groups is 1. The first-order chi connectivity index (χ1) is 9.38. The Balaban J connectivity index is 1.37. The number of fused-ring (bicyclic) bond motifs is 2. The van der Waals surface area contributed by atoms with Crippen molar-refractivity contribution < 1.29 is 0 Å². The molecule has 1 aromatic carbocycles. The van der Waals surface area contributed by atoms with E-state index in [0.717, 1.165) is 18.4 Å². The van der Waals surface area contributed by atoms with Crippen LogP contribution in [-0.4, -0.2) is 17.8 Å². The van der Waals surface area contributed by atoms with Crippen molar-refractivity contribution >= 4 is 16.9 Å². The van der Waals surface area contributed by atoms with Gasteiger partial charge in [-0.15, -0.1) is 0 Å². The molecule has 0 radical (unpaired) electrons. The van der Waals surface area contributed by atoms with Crippen LogP contribution in [0.3, 0.4) is 0 Å². The van der Waals surface area contributed by atoms with Crippen LogP contribution >= 0.6 is 11.8 Å². The summed E-state index contributed by atoms with van der Waals surface area (Å²) in [5.74, 6) is 1.92. The summed E-state index contributed by atoms with van der Waals surface area (Å²) in [4.78, 5) is 4.71. The molecule has 2 nitrogen and oxygen atoms in total. The molecule has 2 aliphatic carbocycles. The normalized spacial score (nSPS) is 36.5. The molecule has 19 heavy (non-hydrogen) atoms. The van der Waals surface area contributed by atoms with Gasteiger partial charge in [-0.3, -0.25) is 4.99 Å². The molecule has 4 unspecified atom stereocenters. The summed E-state index contributed by atoms with van der Waals surface area (Å²) in [6, 6.07) is 11.5. The molecule has 0 spiro atoms. The van der Waals surface area contributed by atoms with Gasteiger partial charge >= 0.3 is 0 Å². The first kappa shape index (κ1) is 11.8. The van der Waals surface area contributed by atoms with Gasteiger partial charge < -0.3 is 5.32 Å². The zero-order valence-corrected chi connectivity index (χ0v) is 11.9. The average Bonchev–Trinajstić information content (AvgIpc) is 3.16. The molecule has 1 heterocycles. The van der Waals surface area contributed by atoms with Gasteiger partial charge in [0.2, 0.25) is 0 Å². The fourth-order valence-corrected chi connectivity index (χ4v) is 4.96. The van der Waals surface area contributed by atoms with E-state index >= 15 is 0 Å². The van der Waals surface area contributed by atoms with Crippen molar-refractivity contribution in [3.63, 3.8) is 0 Å². The Labute approximate surface area is 119 Å². The Kier molecular flexibility index (Phi) is 3.03. The van der Waals surface area contributed by atoms with E-state index in [1.807, 2.05) is 11.8 Å². The van der Waals surface area contributed by atoms with Crippen LogP contribution in [0.4, 0.5) is 0 Å². The molecule has 4 atom stereocenters. The van der Waals surface area contributed by atoms with Crippen LogP contribution in [0.2, 0.25) is 0 Å². The van der Waals surface area contributed by atoms with Crippen molar-refractivity contribution in [2.24, 2.45) is 16.8 Å². The van der Waals surface area contributed by atoms with E-state index in [1.165, 1.54) is 36.4 Å². The summed E-state index contributed by atoms with van der Waals surface area (Å²) in [6.07, 6.45) is 5.73. The van der Waals surface area contributed by atoms with Crippen LogP contribution in [0, 0.1) is 11.8 Å². The van der Waals surface area contributed by atoms with Crippen molar-refractivity contribution in [2.75, 3.05) is 6.54 Å². The predicted octanol–water partition coefficient (Wildman–Crippen LogP) is 3.61. The molecule has 1 aromatic rings. The average molecular weight is 272 g/mol. The fourth-order valence-electron chi connectivity index (χ4n) is 3.88. The van der Waals surface area contributed by atoms with Crippen molar-refractivity contribution in [1.29, 1.82) is 0 Å². The molecule has 3 heteroatoms. The molecule has 100 valence electrons. The summed E-state index contributed by atoms with van der Waals surface area (Å²) in [5, 5.41) is 5.42. The second-order valence-corrected chi connectivity index (χ2v) is 7.28. The van der Waals surface area contributed by atoms with Crippen LogP contribution < -0.4 is 5.32 Å². The summed E-state index contributed by atoms with van der Waals surface area (Å²) in [7, 11) is 0. The fraction of sp³-hybridized carbons (Fsp3) is 0.562. The van der Waals surface area contributed by atoms with Crippen molar-refractivity contribution in [3.8, 4) is 0 Å². The molecular formula is C16H20N2S. The van der Waals surface area contributed by atoms with Gasteiger partial charge in [0.1, 0.15) is 0 Å². The van der Waals surface area contributed by atoms with E-state index in [2.05, 4.69) is 35.6 Å². The number of nitrogens with one attached hydrogen (secondary N) is 1. The predicted molar refractivity (Wildman–Crippen MR) is 81.4 cm³/mol. The van der Waals surface area contributed by atoms with Crippen LogP contribution in [0.5, 0.6) is 0 Å². The number of thioether (sulfide) groups is 1. The Hall–Kier alpha value is -0.960. The van der Waals surface area contributed by atoms with Crippen molar-refractivity contribution in [1.82, 2.24) is 5.32 Å². The maximum Gasteiger partial charge on any atom is 0.157 e. The van der Waals surface area contributed by atoms with E-state index in [9.17, 15) is 0 Å². The van der Waals surface area contributed by atoms with E-state index in [0.29, 0.717) is 11.3 Å². The highest BCUT2D eigenvalue weighted by Gasteiger charge is 2.40. The van der Waals surface area contributed by atoms with E-state index < -0.39 is 0 Å². The van der Waals surface area contributed by atoms with Gasteiger partial charge in [-0.2, -0.15) is 0 Å². The highest BCUT2D eigenvalue weighted by Crippen LogP contribution is 2.45. The molecule has 2 bridgehead atoms. The SMILES string of the molecule is c1ccc(C2CN=C(NC3CC4CCC3C4)S2)cc1. The third kappa shape index (κ3) is 2.29. The highest BCUT2D eigenvalue weighted by molar-refractivity contribution is 8.14. The first-order valence-electron chi connectivity index (χ1n) is 7.41. The number of hydrogen-bond acceptors (Lipinski definition) is 3. The lowest BCUT2D eigenvalue weighted by atomic mass is 9.96. The van der Waals surface area contributed by atoms with E-state index in [1.54, 1.807) is 0 Å². The van der Waals surface area contributed by atoms with Gasteiger partial charge in [0.05, 0.1) is 11.8 Å². The monoisotopic (exact) mass is 272 g/mol. The van der Waals surface area contributed by atoms with Crippen LogP contribution in [0.1, 0.15) is 36.5 Å². The lowest BCUT2D eigenvalue weighted by molar-refractivity contribution is 0.392. The maximum absolute atomic E-state index is 4.71. The van der Waals surface area contributed by atoms with E-state index in [4.69, 9.17) is 4.99 Å². The quantitative estimate of drug-likeness (QED) is 0.889. The Bertz CT molecular complexity index is 485. The molecule has 1 aliphatic heterocycles. The smallest absolute Gasteiger partial charge is 0.157 e. The number of nitrogens with zero attached hydrogens (tertiary/aromatic N) is 1. The Morgan fingerprint density at radius 3 is 2.74 bits per heavy atom. The molecule has 0 saturated heterocycles. The minimum absolute atomic E-state index is 0.516. The summed E-state index contributed by atoms with van der Waals surface area (Å²) < 4.78 is 0. The van der Waals surface area contributed by atoms with Crippen LogP contribution in [0.25, 0.3) is 0 Å². The number of rotatable bonds is 2. The highest BCUT2D eigenvalue weighted by atomic mass is 32.2. The minimum Gasteiger partial charge on any atom is -0.362 e. The molecule has 2 saturated carbocycles. The van der Waals surface area contributed by atoms with E-state index in [-0.39, 0.29) is 0 Å². The lowest BCUT2D eigenvalue weighted by Crippen LogP contribution is -2.36. The van der Waals surface area contributed by atoms with Gasteiger partial charge in [-0.25, -0.2) is 0 Å². The third-order valence-corrected chi connectivity index (χ3v) is 6.05. The molecule has 3 aliphatic rings. The Morgan fingerprint density at radius 1 is 1.11 bits per heavy atom. The summed E-state index contributed by atoms with van der Waals surface area (Å²) >= 11 is 1.92. The molecule has 0 amide bonds. The zero-order valence-electron chi connectivity index (χ0n) is 11.1.